The van der Waals surface area contributed by atoms with E-state index >= 15 is 0 Å². The molecule has 2 aromatic rings. The van der Waals surface area contributed by atoms with E-state index in [2.05, 4.69) is 38.5 Å². The van der Waals surface area contributed by atoms with Crippen molar-refractivity contribution in [2.45, 2.75) is 6.92 Å². The van der Waals surface area contributed by atoms with Gasteiger partial charge in [0.1, 0.15) is 0 Å². The summed E-state index contributed by atoms with van der Waals surface area (Å²) in [7, 11) is 4.25. The molecular formula is C19H25N2O+. The predicted octanol–water partition coefficient (Wildman–Crippen LogP) is 1.86. The van der Waals surface area contributed by atoms with Crippen molar-refractivity contribution in [3.8, 4) is 11.1 Å². The van der Waals surface area contributed by atoms with Crippen LogP contribution in [-0.2, 0) is 0 Å². The summed E-state index contributed by atoms with van der Waals surface area (Å²) < 4.78 is 0. The highest BCUT2D eigenvalue weighted by molar-refractivity contribution is 5.94. The molecule has 0 spiro atoms. The SMILES string of the molecule is C[C@@H](CNC(=O)c1ccc(-c2ccccc2)cc1)C[NH+](C)C. The number of benzene rings is 2. The average Bonchev–Trinajstić information content (AvgIpc) is 2.53. The Kier molecular flexibility index (Phi) is 5.73. The Bertz CT molecular complexity index is 591. The molecule has 0 radical (unpaired) electrons. The third kappa shape index (κ3) is 4.71. The summed E-state index contributed by atoms with van der Waals surface area (Å²) in [6, 6.07) is 17.9. The smallest absolute Gasteiger partial charge is 0.251 e. The maximum Gasteiger partial charge on any atom is 0.251 e. The average molecular weight is 297 g/mol. The summed E-state index contributed by atoms with van der Waals surface area (Å²) in [5.74, 6) is 0.470. The molecule has 0 fully saturated rings. The summed E-state index contributed by atoms with van der Waals surface area (Å²) in [5, 5.41) is 3.01. The van der Waals surface area contributed by atoms with Crippen LogP contribution in [0.1, 0.15) is 17.3 Å². The molecule has 2 N–H and O–H groups in total. The molecule has 0 aliphatic carbocycles. The van der Waals surface area contributed by atoms with Crippen LogP contribution in [0.2, 0.25) is 0 Å². The second-order valence-corrected chi connectivity index (χ2v) is 6.17. The first kappa shape index (κ1) is 16.2. The van der Waals surface area contributed by atoms with Gasteiger partial charge in [-0.25, -0.2) is 0 Å². The lowest BCUT2D eigenvalue weighted by atomic mass is 10.0. The molecule has 0 aliphatic heterocycles. The molecule has 0 bridgehead atoms. The third-order valence-corrected chi connectivity index (χ3v) is 3.62. The van der Waals surface area contributed by atoms with Crippen molar-refractivity contribution in [1.82, 2.24) is 5.32 Å². The van der Waals surface area contributed by atoms with Crippen LogP contribution in [0.15, 0.2) is 54.6 Å². The van der Waals surface area contributed by atoms with E-state index in [4.69, 9.17) is 0 Å². The molecule has 22 heavy (non-hydrogen) atoms. The first-order chi connectivity index (χ1) is 10.6. The van der Waals surface area contributed by atoms with Crippen LogP contribution in [0.3, 0.4) is 0 Å². The molecule has 0 unspecified atom stereocenters. The normalized spacial score (nSPS) is 12.2. The van der Waals surface area contributed by atoms with Crippen LogP contribution >= 0.6 is 0 Å². The molecule has 0 aliphatic rings. The number of rotatable bonds is 6. The number of carbonyl (C=O) groups excluding carboxylic acids is 1. The van der Waals surface area contributed by atoms with E-state index in [0.717, 1.165) is 17.7 Å². The third-order valence-electron chi connectivity index (χ3n) is 3.62. The molecule has 3 heteroatoms. The summed E-state index contributed by atoms with van der Waals surface area (Å²) in [4.78, 5) is 13.6. The zero-order chi connectivity index (χ0) is 15.9. The first-order valence-corrected chi connectivity index (χ1v) is 7.79. The van der Waals surface area contributed by atoms with Gasteiger partial charge in [-0.2, -0.15) is 0 Å². The van der Waals surface area contributed by atoms with Gasteiger partial charge in [0.25, 0.3) is 5.91 Å². The molecule has 1 amide bonds. The van der Waals surface area contributed by atoms with Gasteiger partial charge in [0.15, 0.2) is 0 Å². The summed E-state index contributed by atoms with van der Waals surface area (Å²) in [5.41, 5.74) is 3.00. The van der Waals surface area contributed by atoms with E-state index in [1.807, 2.05) is 42.5 Å². The summed E-state index contributed by atoms with van der Waals surface area (Å²) >= 11 is 0. The van der Waals surface area contributed by atoms with Crippen LogP contribution in [0.5, 0.6) is 0 Å². The number of hydrogen-bond donors (Lipinski definition) is 2. The highest BCUT2D eigenvalue weighted by Gasteiger charge is 2.10. The van der Waals surface area contributed by atoms with Gasteiger partial charge >= 0.3 is 0 Å². The standard InChI is InChI=1S/C19H24N2O/c1-15(14-21(2)3)13-20-19(22)18-11-9-17(10-12-18)16-7-5-4-6-8-16/h4-12,15H,13-14H2,1-3H3,(H,20,22)/p+1/t15-/m0/s1. The minimum Gasteiger partial charge on any atom is -0.352 e. The van der Waals surface area contributed by atoms with Gasteiger partial charge in [-0.15, -0.1) is 0 Å². The topological polar surface area (TPSA) is 33.5 Å². The molecule has 116 valence electrons. The fraction of sp³-hybridized carbons (Fsp3) is 0.316. The van der Waals surface area contributed by atoms with Gasteiger partial charge in [0, 0.05) is 18.0 Å². The van der Waals surface area contributed by atoms with Crippen molar-refractivity contribution < 1.29 is 9.69 Å². The van der Waals surface area contributed by atoms with E-state index in [1.165, 1.54) is 4.90 Å². The lowest BCUT2D eigenvalue weighted by molar-refractivity contribution is -0.861. The van der Waals surface area contributed by atoms with Gasteiger partial charge in [-0.05, 0) is 23.3 Å². The fourth-order valence-corrected chi connectivity index (χ4v) is 2.58. The predicted molar refractivity (Wildman–Crippen MR) is 91.1 cm³/mol. The van der Waals surface area contributed by atoms with E-state index < -0.39 is 0 Å². The zero-order valence-electron chi connectivity index (χ0n) is 13.6. The zero-order valence-corrected chi connectivity index (χ0v) is 13.6. The van der Waals surface area contributed by atoms with Gasteiger partial charge in [0.05, 0.1) is 20.6 Å². The van der Waals surface area contributed by atoms with Crippen molar-refractivity contribution in [2.75, 3.05) is 27.2 Å². The van der Waals surface area contributed by atoms with Crippen LogP contribution < -0.4 is 10.2 Å². The Balaban J connectivity index is 1.94. The second-order valence-electron chi connectivity index (χ2n) is 6.17. The number of carbonyl (C=O) groups is 1. The van der Waals surface area contributed by atoms with Crippen molar-refractivity contribution in [1.29, 1.82) is 0 Å². The molecule has 2 rings (SSSR count). The molecule has 0 aromatic heterocycles. The van der Waals surface area contributed by atoms with Crippen LogP contribution in [0.4, 0.5) is 0 Å². The van der Waals surface area contributed by atoms with Gasteiger partial charge in [-0.1, -0.05) is 49.4 Å². The molecular weight excluding hydrogens is 272 g/mol. The van der Waals surface area contributed by atoms with Gasteiger partial charge < -0.3 is 10.2 Å². The Labute approximate surface area is 133 Å². The molecule has 0 heterocycles. The molecule has 3 nitrogen and oxygen atoms in total. The fourth-order valence-electron chi connectivity index (χ4n) is 2.58. The van der Waals surface area contributed by atoms with E-state index in [1.54, 1.807) is 0 Å². The van der Waals surface area contributed by atoms with E-state index in [-0.39, 0.29) is 5.91 Å². The highest BCUT2D eigenvalue weighted by atomic mass is 16.1. The number of quaternary nitrogens is 1. The first-order valence-electron chi connectivity index (χ1n) is 7.79. The van der Waals surface area contributed by atoms with Crippen LogP contribution in [-0.4, -0.2) is 33.1 Å². The van der Waals surface area contributed by atoms with Gasteiger partial charge in [-0.3, -0.25) is 4.79 Å². The molecule has 0 saturated heterocycles. The number of nitrogens with one attached hydrogen (secondary N) is 2. The lowest BCUT2D eigenvalue weighted by Crippen LogP contribution is -3.06. The molecule has 1 atom stereocenters. The largest absolute Gasteiger partial charge is 0.352 e. The Morgan fingerprint density at radius 3 is 2.18 bits per heavy atom. The summed E-state index contributed by atoms with van der Waals surface area (Å²) in [6.45, 7) is 3.92. The van der Waals surface area contributed by atoms with Crippen molar-refractivity contribution in [3.63, 3.8) is 0 Å². The van der Waals surface area contributed by atoms with Crippen LogP contribution in [0.25, 0.3) is 11.1 Å². The Hall–Kier alpha value is -2.13. The minimum atomic E-state index is 0.000202. The summed E-state index contributed by atoms with van der Waals surface area (Å²) in [6.07, 6.45) is 0. The number of amides is 1. The van der Waals surface area contributed by atoms with Gasteiger partial charge in [0.2, 0.25) is 0 Å². The minimum absolute atomic E-state index is 0.000202. The maximum atomic E-state index is 12.2. The monoisotopic (exact) mass is 297 g/mol. The van der Waals surface area contributed by atoms with Crippen molar-refractivity contribution in [3.05, 3.63) is 60.2 Å². The number of hydrogen-bond acceptors (Lipinski definition) is 1. The second kappa shape index (κ2) is 7.76. The van der Waals surface area contributed by atoms with Crippen molar-refractivity contribution >= 4 is 5.91 Å². The highest BCUT2D eigenvalue weighted by Crippen LogP contribution is 2.19. The van der Waals surface area contributed by atoms with Crippen LogP contribution in [0, 0.1) is 5.92 Å². The van der Waals surface area contributed by atoms with Crippen molar-refractivity contribution in [2.24, 2.45) is 5.92 Å². The lowest BCUT2D eigenvalue weighted by Gasteiger charge is -2.15. The Morgan fingerprint density at radius 2 is 1.59 bits per heavy atom. The molecule has 2 aromatic carbocycles. The maximum absolute atomic E-state index is 12.2. The quantitative estimate of drug-likeness (QED) is 0.838. The van der Waals surface area contributed by atoms with E-state index in [0.29, 0.717) is 18.0 Å². The Morgan fingerprint density at radius 1 is 1.00 bits per heavy atom. The molecule has 0 saturated carbocycles. The van der Waals surface area contributed by atoms with E-state index in [9.17, 15) is 4.79 Å².